The number of carbonyl (C=O) groups excluding carboxylic acids is 1. The zero-order valence-electron chi connectivity index (χ0n) is 15.5. The SMILES string of the molecule is Cc1nsc(CC(=O)/C(=N/OC2CCCC2)c2ccc(S(C)(=O)=O)c(Cl)c2)n1. The lowest BCUT2D eigenvalue weighted by Crippen LogP contribution is -2.20. The Labute approximate surface area is 172 Å². The molecule has 0 spiro atoms. The number of aryl methyl sites for hydroxylation is 1. The zero-order chi connectivity index (χ0) is 20.3. The summed E-state index contributed by atoms with van der Waals surface area (Å²) >= 11 is 7.31. The van der Waals surface area contributed by atoms with Crippen LogP contribution in [0.3, 0.4) is 0 Å². The lowest BCUT2D eigenvalue weighted by Gasteiger charge is -2.11. The van der Waals surface area contributed by atoms with Gasteiger partial charge in [0, 0.05) is 11.8 Å². The molecule has 0 unspecified atom stereocenters. The second kappa shape index (κ2) is 8.67. The third-order valence-electron chi connectivity index (χ3n) is 4.35. The first-order chi connectivity index (χ1) is 13.2. The quantitative estimate of drug-likeness (QED) is 0.482. The highest BCUT2D eigenvalue weighted by atomic mass is 35.5. The molecule has 28 heavy (non-hydrogen) atoms. The van der Waals surface area contributed by atoms with Crippen molar-refractivity contribution in [1.82, 2.24) is 9.36 Å². The van der Waals surface area contributed by atoms with E-state index < -0.39 is 9.84 Å². The van der Waals surface area contributed by atoms with Crippen molar-refractivity contribution >= 4 is 44.5 Å². The lowest BCUT2D eigenvalue weighted by molar-refractivity contribution is -0.112. The van der Waals surface area contributed by atoms with E-state index >= 15 is 0 Å². The van der Waals surface area contributed by atoms with Crippen molar-refractivity contribution < 1.29 is 18.0 Å². The summed E-state index contributed by atoms with van der Waals surface area (Å²) in [5.74, 6) is 0.311. The van der Waals surface area contributed by atoms with Crippen molar-refractivity contribution in [3.05, 3.63) is 39.6 Å². The van der Waals surface area contributed by atoms with E-state index in [0.29, 0.717) is 16.4 Å². The Bertz CT molecular complexity index is 1010. The van der Waals surface area contributed by atoms with Crippen molar-refractivity contribution in [2.75, 3.05) is 6.26 Å². The number of benzene rings is 1. The summed E-state index contributed by atoms with van der Waals surface area (Å²) in [6, 6.07) is 4.32. The molecule has 0 aliphatic heterocycles. The molecule has 0 amide bonds. The Hall–Kier alpha value is -1.84. The molecule has 1 heterocycles. The Morgan fingerprint density at radius 1 is 1.36 bits per heavy atom. The van der Waals surface area contributed by atoms with E-state index in [0.717, 1.165) is 43.5 Å². The maximum atomic E-state index is 12.9. The first-order valence-electron chi connectivity index (χ1n) is 8.80. The van der Waals surface area contributed by atoms with Crippen LogP contribution in [0.5, 0.6) is 0 Å². The lowest BCUT2D eigenvalue weighted by atomic mass is 10.0. The molecular weight excluding hydrogens is 422 g/mol. The molecule has 1 aliphatic rings. The van der Waals surface area contributed by atoms with Gasteiger partial charge in [0.15, 0.2) is 21.3 Å². The maximum absolute atomic E-state index is 12.9. The molecule has 1 aromatic heterocycles. The summed E-state index contributed by atoms with van der Waals surface area (Å²) < 4.78 is 27.7. The Morgan fingerprint density at radius 2 is 2.07 bits per heavy atom. The summed E-state index contributed by atoms with van der Waals surface area (Å²) in [6.07, 6.45) is 5.03. The Morgan fingerprint density at radius 3 is 2.64 bits per heavy atom. The van der Waals surface area contributed by atoms with E-state index in [9.17, 15) is 13.2 Å². The van der Waals surface area contributed by atoms with Gasteiger partial charge in [-0.05, 0) is 56.3 Å². The van der Waals surface area contributed by atoms with Crippen LogP contribution in [0.15, 0.2) is 28.3 Å². The molecule has 1 aliphatic carbocycles. The molecule has 0 bridgehead atoms. The first-order valence-corrected chi connectivity index (χ1v) is 11.8. The van der Waals surface area contributed by atoms with Crippen LogP contribution in [0.2, 0.25) is 5.02 Å². The average molecular weight is 442 g/mol. The summed E-state index contributed by atoms with van der Waals surface area (Å²) in [5, 5.41) is 4.74. The number of halogens is 1. The number of rotatable bonds is 7. The van der Waals surface area contributed by atoms with E-state index in [4.69, 9.17) is 16.4 Å². The van der Waals surface area contributed by atoms with Gasteiger partial charge < -0.3 is 4.84 Å². The van der Waals surface area contributed by atoms with Crippen molar-refractivity contribution in [2.24, 2.45) is 5.16 Å². The normalized spacial score (nSPS) is 15.8. The number of sulfone groups is 1. The van der Waals surface area contributed by atoms with Crippen LogP contribution in [-0.2, 0) is 25.9 Å². The Kier molecular flexibility index (Phi) is 6.47. The number of hydrogen-bond donors (Lipinski definition) is 0. The standard InChI is InChI=1S/C18H20ClN3O4S2/c1-11-20-17(27-22-11)10-15(23)18(21-26-13-5-3-4-6-13)12-7-8-16(14(19)9-12)28(2,24)25/h7-9,13H,3-6,10H2,1-2H3/b21-18+. The van der Waals surface area contributed by atoms with Crippen molar-refractivity contribution in [3.8, 4) is 0 Å². The molecule has 3 rings (SSSR count). The molecule has 0 atom stereocenters. The van der Waals surface area contributed by atoms with Gasteiger partial charge in [-0.15, -0.1) is 0 Å². The highest BCUT2D eigenvalue weighted by Gasteiger charge is 2.22. The number of aromatic nitrogens is 2. The van der Waals surface area contributed by atoms with Gasteiger partial charge in [-0.1, -0.05) is 22.8 Å². The smallest absolute Gasteiger partial charge is 0.192 e. The van der Waals surface area contributed by atoms with E-state index in [1.807, 2.05) is 0 Å². The van der Waals surface area contributed by atoms with E-state index in [2.05, 4.69) is 14.5 Å². The minimum Gasteiger partial charge on any atom is -0.392 e. The van der Waals surface area contributed by atoms with E-state index in [-0.39, 0.29) is 33.9 Å². The maximum Gasteiger partial charge on any atom is 0.192 e. The minimum absolute atomic E-state index is 0.00109. The van der Waals surface area contributed by atoms with Gasteiger partial charge in [-0.3, -0.25) is 4.79 Å². The summed E-state index contributed by atoms with van der Waals surface area (Å²) in [6.45, 7) is 1.76. The van der Waals surface area contributed by atoms with Crippen LogP contribution in [0.4, 0.5) is 0 Å². The van der Waals surface area contributed by atoms with Crippen LogP contribution in [-0.4, -0.2) is 41.6 Å². The number of nitrogens with zero attached hydrogens (tertiary/aromatic N) is 3. The van der Waals surface area contributed by atoms with Gasteiger partial charge in [0.25, 0.3) is 0 Å². The molecule has 10 heteroatoms. The van der Waals surface area contributed by atoms with E-state index in [1.54, 1.807) is 6.92 Å². The number of oxime groups is 1. The van der Waals surface area contributed by atoms with Crippen LogP contribution in [0, 0.1) is 6.92 Å². The Balaban J connectivity index is 1.92. The van der Waals surface area contributed by atoms with E-state index in [1.165, 1.54) is 18.2 Å². The summed E-state index contributed by atoms with van der Waals surface area (Å²) in [5.41, 5.74) is 0.503. The average Bonchev–Trinajstić information content (AvgIpc) is 3.26. The van der Waals surface area contributed by atoms with Crippen LogP contribution >= 0.6 is 23.1 Å². The number of Topliss-reactive ketones (excluding diaryl/α,β-unsaturated/α-hetero) is 1. The number of carbonyl (C=O) groups is 1. The van der Waals surface area contributed by atoms with Gasteiger partial charge in [-0.2, -0.15) is 4.37 Å². The fourth-order valence-corrected chi connectivity index (χ4v) is 4.94. The predicted molar refractivity (Wildman–Crippen MR) is 108 cm³/mol. The van der Waals surface area contributed by atoms with Crippen LogP contribution < -0.4 is 0 Å². The number of hydrogen-bond acceptors (Lipinski definition) is 8. The molecule has 2 aromatic rings. The summed E-state index contributed by atoms with van der Waals surface area (Å²) in [4.78, 5) is 22.7. The highest BCUT2D eigenvalue weighted by Crippen LogP contribution is 2.25. The molecular formula is C18H20ClN3O4S2. The fourth-order valence-electron chi connectivity index (χ4n) is 2.97. The largest absolute Gasteiger partial charge is 0.392 e. The topological polar surface area (TPSA) is 98.6 Å². The minimum atomic E-state index is -3.47. The van der Waals surface area contributed by atoms with Crippen LogP contribution in [0.25, 0.3) is 0 Å². The molecule has 150 valence electrons. The second-order valence-corrected chi connectivity index (χ2v) is 9.93. The zero-order valence-corrected chi connectivity index (χ0v) is 17.9. The van der Waals surface area contributed by atoms with Gasteiger partial charge in [0.1, 0.15) is 16.9 Å². The molecule has 0 radical (unpaired) electrons. The molecule has 0 N–H and O–H groups in total. The van der Waals surface area contributed by atoms with Crippen molar-refractivity contribution in [1.29, 1.82) is 0 Å². The fraction of sp³-hybridized carbons (Fsp3) is 0.444. The van der Waals surface area contributed by atoms with Gasteiger partial charge in [0.05, 0.1) is 16.3 Å². The van der Waals surface area contributed by atoms with Gasteiger partial charge in [-0.25, -0.2) is 13.4 Å². The van der Waals surface area contributed by atoms with Crippen LogP contribution in [0.1, 0.15) is 42.1 Å². The molecule has 7 nitrogen and oxygen atoms in total. The number of ketones is 1. The molecule has 1 fully saturated rings. The third-order valence-corrected chi connectivity index (χ3v) is 6.73. The first kappa shape index (κ1) is 20.9. The van der Waals surface area contributed by atoms with Crippen molar-refractivity contribution in [3.63, 3.8) is 0 Å². The van der Waals surface area contributed by atoms with Gasteiger partial charge >= 0.3 is 0 Å². The molecule has 1 aromatic carbocycles. The second-order valence-electron chi connectivity index (χ2n) is 6.70. The summed E-state index contributed by atoms with van der Waals surface area (Å²) in [7, 11) is -3.47. The van der Waals surface area contributed by atoms with Crippen molar-refractivity contribution in [2.45, 2.75) is 50.0 Å². The third kappa shape index (κ3) is 5.15. The highest BCUT2D eigenvalue weighted by molar-refractivity contribution is 7.90. The van der Waals surface area contributed by atoms with Gasteiger partial charge in [0.2, 0.25) is 0 Å². The molecule has 0 saturated heterocycles. The monoisotopic (exact) mass is 441 g/mol. The predicted octanol–water partition coefficient (Wildman–Crippen LogP) is 3.38. The molecule has 1 saturated carbocycles.